The number of ether oxygens (including phenoxy) is 3. The highest BCUT2D eigenvalue weighted by Gasteiger charge is 2.39. The summed E-state index contributed by atoms with van der Waals surface area (Å²) in [6, 6.07) is 6.73. The normalized spacial score (nSPS) is 30.9. The minimum absolute atomic E-state index is 0.0568. The summed E-state index contributed by atoms with van der Waals surface area (Å²) in [5.74, 6) is -0.602. The Balaban J connectivity index is 1.58. The number of hydrogen-bond acceptors (Lipinski definition) is 10. The van der Waals surface area contributed by atoms with Gasteiger partial charge in [-0.25, -0.2) is 0 Å². The Kier molecular flexibility index (Phi) is 5.35. The Morgan fingerprint density at radius 2 is 1.60 bits per heavy atom. The maximum Gasteiger partial charge on any atom is 0.228 e. The van der Waals surface area contributed by atoms with Crippen LogP contribution in [-0.4, -0.2) is 73.1 Å². The molecule has 2 aromatic rings. The molecular weight excluding hydrogens is 400 g/mol. The Morgan fingerprint density at radius 3 is 2.33 bits per heavy atom. The van der Waals surface area contributed by atoms with E-state index in [9.17, 15) is 35.7 Å². The molecular formula is C20H22O10. The lowest BCUT2D eigenvalue weighted by molar-refractivity contribution is -0.242. The van der Waals surface area contributed by atoms with E-state index in [1.165, 1.54) is 30.3 Å². The molecule has 10 heteroatoms. The number of fused-ring (bicyclic) bond motifs is 1. The lowest BCUT2D eigenvalue weighted by Crippen LogP contribution is -2.54. The van der Waals surface area contributed by atoms with Gasteiger partial charge in [0.25, 0.3) is 0 Å². The molecule has 0 aliphatic carbocycles. The third kappa shape index (κ3) is 3.71. The number of rotatable bonds is 3. The molecule has 2 aliphatic rings. The molecule has 0 bridgehead atoms. The van der Waals surface area contributed by atoms with Crippen molar-refractivity contribution in [3.05, 3.63) is 41.5 Å². The monoisotopic (exact) mass is 422 g/mol. The molecule has 7 N–H and O–H groups in total. The average Bonchev–Trinajstić information content (AvgIpc) is 2.71. The van der Waals surface area contributed by atoms with Crippen molar-refractivity contribution in [3.8, 4) is 28.7 Å². The molecule has 1 fully saturated rings. The van der Waals surface area contributed by atoms with E-state index >= 15 is 0 Å². The van der Waals surface area contributed by atoms with Gasteiger partial charge in [0.05, 0.1) is 12.7 Å². The summed E-state index contributed by atoms with van der Waals surface area (Å²) in [5, 5.41) is 69.3. The van der Waals surface area contributed by atoms with Crippen molar-refractivity contribution < 1.29 is 50.0 Å². The number of benzene rings is 2. The van der Waals surface area contributed by atoms with Crippen molar-refractivity contribution in [1.29, 1.82) is 0 Å². The summed E-state index contributed by atoms with van der Waals surface area (Å²) >= 11 is 0. The second-order valence-corrected chi connectivity index (χ2v) is 7.35. The molecule has 0 amide bonds. The molecule has 2 aliphatic heterocycles. The van der Waals surface area contributed by atoms with Crippen LogP contribution in [0.15, 0.2) is 30.3 Å². The maximum absolute atomic E-state index is 10.5. The summed E-state index contributed by atoms with van der Waals surface area (Å²) in [4.78, 5) is 0. The van der Waals surface area contributed by atoms with Gasteiger partial charge in [-0.3, -0.25) is 0 Å². The van der Waals surface area contributed by atoms with Crippen LogP contribution in [-0.2, 0) is 11.2 Å². The zero-order valence-electron chi connectivity index (χ0n) is 15.6. The van der Waals surface area contributed by atoms with E-state index in [0.717, 1.165) is 0 Å². The fourth-order valence-corrected chi connectivity index (χ4v) is 3.54. The van der Waals surface area contributed by atoms with Crippen LogP contribution >= 0.6 is 0 Å². The lowest BCUT2D eigenvalue weighted by atomic mass is 9.94. The number of phenols is 3. The highest BCUT2D eigenvalue weighted by Crippen LogP contribution is 2.43. The number of phenolic OH excluding ortho intramolecular Hbond substituents is 3. The van der Waals surface area contributed by atoms with E-state index < -0.39 is 36.8 Å². The highest BCUT2D eigenvalue weighted by atomic mass is 16.7. The molecule has 6 atom stereocenters. The third-order valence-electron chi connectivity index (χ3n) is 5.21. The summed E-state index contributed by atoms with van der Waals surface area (Å²) in [7, 11) is 0. The first kappa shape index (κ1) is 20.5. The zero-order valence-corrected chi connectivity index (χ0v) is 15.6. The van der Waals surface area contributed by atoms with Crippen LogP contribution in [0.1, 0.15) is 17.2 Å². The van der Waals surface area contributed by atoms with Crippen LogP contribution in [0.2, 0.25) is 0 Å². The minimum atomic E-state index is -1.51. The van der Waals surface area contributed by atoms with Crippen molar-refractivity contribution in [1.82, 2.24) is 0 Å². The van der Waals surface area contributed by atoms with Gasteiger partial charge in [0.15, 0.2) is 11.5 Å². The molecule has 162 valence electrons. The van der Waals surface area contributed by atoms with Crippen molar-refractivity contribution in [3.63, 3.8) is 0 Å². The van der Waals surface area contributed by atoms with Gasteiger partial charge in [-0.2, -0.15) is 0 Å². The van der Waals surface area contributed by atoms with Gasteiger partial charge in [-0.1, -0.05) is 6.07 Å². The molecule has 1 saturated heterocycles. The SMILES string of the molecule is Oc1ccc(C2Oc3cc(O[C@@H]4OC[C@@H](O)[C@H](O)[C@H]4O)cc(O)c3CC2O)cc1O. The van der Waals surface area contributed by atoms with Crippen LogP contribution in [0.25, 0.3) is 0 Å². The lowest BCUT2D eigenvalue weighted by Gasteiger charge is -2.35. The molecule has 30 heavy (non-hydrogen) atoms. The van der Waals surface area contributed by atoms with Gasteiger partial charge in [0, 0.05) is 24.1 Å². The average molecular weight is 422 g/mol. The smallest absolute Gasteiger partial charge is 0.228 e. The number of aromatic hydroxyl groups is 3. The van der Waals surface area contributed by atoms with Gasteiger partial charge in [0.1, 0.15) is 41.7 Å². The fourth-order valence-electron chi connectivity index (χ4n) is 3.54. The van der Waals surface area contributed by atoms with Crippen molar-refractivity contribution in [2.45, 2.75) is 43.2 Å². The summed E-state index contributed by atoms with van der Waals surface area (Å²) in [5.41, 5.74) is 0.757. The maximum atomic E-state index is 10.5. The van der Waals surface area contributed by atoms with Crippen molar-refractivity contribution in [2.24, 2.45) is 0 Å². The first-order valence-electron chi connectivity index (χ1n) is 9.29. The second kappa shape index (κ2) is 7.82. The molecule has 0 spiro atoms. The van der Waals surface area contributed by atoms with Crippen LogP contribution in [0, 0.1) is 0 Å². The molecule has 4 rings (SSSR count). The molecule has 0 radical (unpaired) electrons. The summed E-state index contributed by atoms with van der Waals surface area (Å²) in [6.07, 6.45) is -7.34. The predicted octanol–water partition coefficient (Wildman–Crippen LogP) is -0.342. The van der Waals surface area contributed by atoms with E-state index in [4.69, 9.17) is 14.2 Å². The minimum Gasteiger partial charge on any atom is -0.507 e. The van der Waals surface area contributed by atoms with Crippen LogP contribution in [0.3, 0.4) is 0 Å². The van der Waals surface area contributed by atoms with Gasteiger partial charge in [0.2, 0.25) is 6.29 Å². The Morgan fingerprint density at radius 1 is 0.833 bits per heavy atom. The largest absolute Gasteiger partial charge is 0.507 e. The first-order valence-corrected chi connectivity index (χ1v) is 9.29. The molecule has 0 saturated carbocycles. The van der Waals surface area contributed by atoms with E-state index in [0.29, 0.717) is 11.1 Å². The first-order chi connectivity index (χ1) is 14.2. The van der Waals surface area contributed by atoms with Crippen LogP contribution in [0.5, 0.6) is 28.7 Å². The number of aliphatic hydroxyl groups excluding tert-OH is 4. The summed E-state index contributed by atoms with van der Waals surface area (Å²) in [6.45, 7) is -0.241. The van der Waals surface area contributed by atoms with Gasteiger partial charge in [-0.15, -0.1) is 0 Å². The van der Waals surface area contributed by atoms with Gasteiger partial charge >= 0.3 is 0 Å². The topological polar surface area (TPSA) is 169 Å². The Hall–Kier alpha value is -2.76. The molecule has 10 nitrogen and oxygen atoms in total. The standard InChI is InChI=1S/C20H22O10/c21-11-2-1-8(3-13(11)23)19-14(24)6-10-12(22)4-9(5-16(10)30-19)29-20-18(27)17(26)15(25)7-28-20/h1-5,14-15,17-27H,6-7H2/t14?,15-,17+,18-,19?,20+/m1/s1. The zero-order chi connectivity index (χ0) is 21.6. The van der Waals surface area contributed by atoms with Crippen LogP contribution in [0.4, 0.5) is 0 Å². The molecule has 2 aromatic carbocycles. The van der Waals surface area contributed by atoms with Crippen molar-refractivity contribution in [2.75, 3.05) is 6.61 Å². The van der Waals surface area contributed by atoms with E-state index in [1.807, 2.05) is 0 Å². The predicted molar refractivity (Wildman–Crippen MR) is 99.3 cm³/mol. The molecule has 2 unspecified atom stereocenters. The van der Waals surface area contributed by atoms with E-state index in [-0.39, 0.29) is 41.8 Å². The Labute approximate surface area is 170 Å². The molecule has 0 aromatic heterocycles. The fraction of sp³-hybridized carbons (Fsp3) is 0.400. The number of hydrogen-bond donors (Lipinski definition) is 7. The van der Waals surface area contributed by atoms with E-state index in [1.54, 1.807) is 0 Å². The molecule has 2 heterocycles. The number of aliphatic hydroxyl groups is 4. The van der Waals surface area contributed by atoms with Gasteiger partial charge < -0.3 is 50.0 Å². The Bertz CT molecular complexity index is 932. The highest BCUT2D eigenvalue weighted by molar-refractivity contribution is 5.52. The van der Waals surface area contributed by atoms with Crippen molar-refractivity contribution >= 4 is 0 Å². The quantitative estimate of drug-likeness (QED) is 0.325. The van der Waals surface area contributed by atoms with Gasteiger partial charge in [-0.05, 0) is 17.7 Å². The summed E-state index contributed by atoms with van der Waals surface area (Å²) < 4.78 is 16.5. The third-order valence-corrected chi connectivity index (χ3v) is 5.21. The second-order valence-electron chi connectivity index (χ2n) is 7.35. The van der Waals surface area contributed by atoms with Crippen LogP contribution < -0.4 is 9.47 Å². The van der Waals surface area contributed by atoms with E-state index in [2.05, 4.69) is 0 Å².